The quantitative estimate of drug-likeness (QED) is 0.544. The Labute approximate surface area is 108 Å². The van der Waals surface area contributed by atoms with Crippen LogP contribution in [0, 0.1) is 0 Å². The highest BCUT2D eigenvalue weighted by atomic mass is 16.5. The number of para-hydroxylation sites is 2. The van der Waals surface area contributed by atoms with Crippen molar-refractivity contribution < 1.29 is 14.4 Å². The number of carbonyl (C=O) groups is 1. The van der Waals surface area contributed by atoms with Crippen LogP contribution in [-0.2, 0) is 0 Å². The molecule has 19 heavy (non-hydrogen) atoms. The van der Waals surface area contributed by atoms with E-state index in [-0.39, 0.29) is 0 Å². The Balaban J connectivity index is 2.08. The van der Waals surface area contributed by atoms with E-state index in [9.17, 15) is 4.79 Å². The zero-order valence-electron chi connectivity index (χ0n) is 9.83. The van der Waals surface area contributed by atoms with E-state index >= 15 is 0 Å². The number of nitrogens with one attached hydrogen (secondary N) is 1. The largest absolute Gasteiger partial charge is 0.436 e. The van der Waals surface area contributed by atoms with Gasteiger partial charge in [0, 0.05) is 11.1 Å². The molecule has 0 fully saturated rings. The van der Waals surface area contributed by atoms with E-state index < -0.39 is 5.91 Å². The van der Waals surface area contributed by atoms with Crippen LogP contribution >= 0.6 is 0 Å². The minimum Gasteiger partial charge on any atom is -0.436 e. The molecule has 2 N–H and O–H groups in total. The Morgan fingerprint density at radius 2 is 2.00 bits per heavy atom. The van der Waals surface area contributed by atoms with E-state index in [0.717, 1.165) is 5.52 Å². The first kappa shape index (κ1) is 11.4. The molecule has 0 unspecified atom stereocenters. The summed E-state index contributed by atoms with van der Waals surface area (Å²) in [6, 6.07) is 14.1. The molecular formula is C14H10N2O3. The molecule has 0 saturated heterocycles. The molecule has 5 nitrogen and oxygen atoms in total. The summed E-state index contributed by atoms with van der Waals surface area (Å²) in [6.07, 6.45) is 0. The Morgan fingerprint density at radius 3 is 2.79 bits per heavy atom. The van der Waals surface area contributed by atoms with E-state index in [1.165, 1.54) is 0 Å². The number of fused-ring (bicyclic) bond motifs is 1. The lowest BCUT2D eigenvalue weighted by atomic mass is 10.1. The van der Waals surface area contributed by atoms with Crippen molar-refractivity contribution in [2.75, 3.05) is 0 Å². The van der Waals surface area contributed by atoms with Crippen LogP contribution in [0.4, 0.5) is 0 Å². The average molecular weight is 254 g/mol. The normalized spacial score (nSPS) is 10.6. The summed E-state index contributed by atoms with van der Waals surface area (Å²) in [5.41, 5.74) is 4.06. The van der Waals surface area contributed by atoms with Gasteiger partial charge >= 0.3 is 0 Å². The smallest absolute Gasteiger partial charge is 0.274 e. The summed E-state index contributed by atoms with van der Waals surface area (Å²) in [5, 5.41) is 8.63. The second kappa shape index (κ2) is 4.55. The van der Waals surface area contributed by atoms with Gasteiger partial charge in [0.25, 0.3) is 5.91 Å². The highest BCUT2D eigenvalue weighted by Gasteiger charge is 2.10. The number of hydrogen-bond acceptors (Lipinski definition) is 4. The first-order valence-electron chi connectivity index (χ1n) is 5.68. The number of amides is 1. The third kappa shape index (κ3) is 2.07. The molecule has 0 aliphatic heterocycles. The van der Waals surface area contributed by atoms with Gasteiger partial charge in [-0.2, -0.15) is 0 Å². The Kier molecular flexibility index (Phi) is 2.74. The minimum atomic E-state index is -0.571. The summed E-state index contributed by atoms with van der Waals surface area (Å²) < 4.78 is 5.62. The molecule has 0 bridgehead atoms. The molecule has 1 heterocycles. The van der Waals surface area contributed by atoms with E-state index in [2.05, 4.69) is 4.98 Å². The van der Waals surface area contributed by atoms with Gasteiger partial charge < -0.3 is 4.42 Å². The van der Waals surface area contributed by atoms with Crippen molar-refractivity contribution in [3.63, 3.8) is 0 Å². The molecule has 1 aromatic heterocycles. The van der Waals surface area contributed by atoms with Crippen LogP contribution in [0.5, 0.6) is 0 Å². The van der Waals surface area contributed by atoms with Crippen molar-refractivity contribution in [1.29, 1.82) is 0 Å². The van der Waals surface area contributed by atoms with Crippen molar-refractivity contribution in [2.24, 2.45) is 0 Å². The topological polar surface area (TPSA) is 75.4 Å². The van der Waals surface area contributed by atoms with Crippen LogP contribution in [0.15, 0.2) is 52.9 Å². The number of aromatic nitrogens is 1. The van der Waals surface area contributed by atoms with Crippen molar-refractivity contribution in [3.8, 4) is 11.5 Å². The monoisotopic (exact) mass is 254 g/mol. The molecule has 0 saturated carbocycles. The van der Waals surface area contributed by atoms with Gasteiger partial charge in [0.2, 0.25) is 5.89 Å². The summed E-state index contributed by atoms with van der Waals surface area (Å²) in [6.45, 7) is 0. The third-order valence-corrected chi connectivity index (χ3v) is 2.77. The molecule has 0 radical (unpaired) electrons. The summed E-state index contributed by atoms with van der Waals surface area (Å²) in [7, 11) is 0. The van der Waals surface area contributed by atoms with Crippen LogP contribution < -0.4 is 5.48 Å². The van der Waals surface area contributed by atoms with E-state index in [1.807, 2.05) is 24.3 Å². The predicted molar refractivity (Wildman–Crippen MR) is 68.7 cm³/mol. The fourth-order valence-corrected chi connectivity index (χ4v) is 1.85. The lowest BCUT2D eigenvalue weighted by Crippen LogP contribution is -2.18. The number of benzene rings is 2. The highest BCUT2D eigenvalue weighted by Crippen LogP contribution is 2.24. The Morgan fingerprint density at radius 1 is 1.16 bits per heavy atom. The van der Waals surface area contributed by atoms with Gasteiger partial charge in [-0.25, -0.2) is 10.5 Å². The number of carbonyl (C=O) groups excluding carboxylic acids is 1. The van der Waals surface area contributed by atoms with Gasteiger partial charge in [-0.15, -0.1) is 0 Å². The Hall–Kier alpha value is -2.66. The average Bonchev–Trinajstić information content (AvgIpc) is 2.90. The molecule has 3 rings (SSSR count). The Bertz CT molecular complexity index is 716. The molecule has 0 aliphatic carbocycles. The lowest BCUT2D eigenvalue weighted by molar-refractivity contribution is 0.0706. The van der Waals surface area contributed by atoms with Gasteiger partial charge in [0.1, 0.15) is 5.52 Å². The van der Waals surface area contributed by atoms with Crippen molar-refractivity contribution in [1.82, 2.24) is 10.5 Å². The van der Waals surface area contributed by atoms with E-state index in [4.69, 9.17) is 9.62 Å². The summed E-state index contributed by atoms with van der Waals surface area (Å²) >= 11 is 0. The molecule has 0 atom stereocenters. The minimum absolute atomic E-state index is 0.335. The fourth-order valence-electron chi connectivity index (χ4n) is 1.85. The zero-order chi connectivity index (χ0) is 13.2. The molecule has 3 aromatic rings. The second-order valence-corrected chi connectivity index (χ2v) is 4.01. The first-order chi connectivity index (χ1) is 9.28. The summed E-state index contributed by atoms with van der Waals surface area (Å²) in [4.78, 5) is 15.7. The fraction of sp³-hybridized carbons (Fsp3) is 0. The van der Waals surface area contributed by atoms with Crippen molar-refractivity contribution >= 4 is 17.0 Å². The van der Waals surface area contributed by atoms with Crippen LogP contribution in [0.25, 0.3) is 22.6 Å². The van der Waals surface area contributed by atoms with Crippen LogP contribution in [-0.4, -0.2) is 16.1 Å². The third-order valence-electron chi connectivity index (χ3n) is 2.77. The van der Waals surface area contributed by atoms with Gasteiger partial charge in [-0.05, 0) is 30.3 Å². The molecule has 5 heteroatoms. The molecule has 94 valence electrons. The molecular weight excluding hydrogens is 244 g/mol. The summed E-state index contributed by atoms with van der Waals surface area (Å²) in [5.74, 6) is -0.133. The number of hydroxylamine groups is 1. The number of rotatable bonds is 2. The van der Waals surface area contributed by atoms with Crippen LogP contribution in [0.1, 0.15) is 10.4 Å². The predicted octanol–water partition coefficient (Wildman–Crippen LogP) is 2.61. The number of hydrogen-bond donors (Lipinski definition) is 2. The standard InChI is InChI=1S/C14H10N2O3/c17-13(16-18)9-4-3-5-10(8-9)14-15-11-6-1-2-7-12(11)19-14/h1-8,18H,(H,16,17). The van der Waals surface area contributed by atoms with Crippen molar-refractivity contribution in [3.05, 3.63) is 54.1 Å². The molecule has 2 aromatic carbocycles. The van der Waals surface area contributed by atoms with E-state index in [0.29, 0.717) is 22.6 Å². The maximum atomic E-state index is 11.4. The van der Waals surface area contributed by atoms with Crippen LogP contribution in [0.2, 0.25) is 0 Å². The molecule has 1 amide bonds. The molecule has 0 spiro atoms. The van der Waals surface area contributed by atoms with Gasteiger partial charge in [-0.1, -0.05) is 18.2 Å². The van der Waals surface area contributed by atoms with Crippen molar-refractivity contribution in [2.45, 2.75) is 0 Å². The molecule has 0 aliphatic rings. The lowest BCUT2D eigenvalue weighted by Gasteiger charge is -2.00. The first-order valence-corrected chi connectivity index (χ1v) is 5.68. The zero-order valence-corrected chi connectivity index (χ0v) is 9.83. The van der Waals surface area contributed by atoms with Gasteiger partial charge in [0.05, 0.1) is 0 Å². The maximum Gasteiger partial charge on any atom is 0.274 e. The maximum absolute atomic E-state index is 11.4. The number of oxazole rings is 1. The number of nitrogens with zero attached hydrogens (tertiary/aromatic N) is 1. The van der Waals surface area contributed by atoms with Gasteiger partial charge in [-0.3, -0.25) is 10.0 Å². The SMILES string of the molecule is O=C(NO)c1cccc(-c2nc3ccccc3o2)c1. The van der Waals surface area contributed by atoms with Crippen LogP contribution in [0.3, 0.4) is 0 Å². The van der Waals surface area contributed by atoms with E-state index in [1.54, 1.807) is 29.7 Å². The second-order valence-electron chi connectivity index (χ2n) is 4.01. The van der Waals surface area contributed by atoms with Gasteiger partial charge in [0.15, 0.2) is 5.58 Å². The highest BCUT2D eigenvalue weighted by molar-refractivity contribution is 5.94.